The Bertz CT molecular complexity index is 357. The van der Waals surface area contributed by atoms with Crippen LogP contribution in [-0.4, -0.2) is 36.1 Å². The molecule has 0 bridgehead atoms. The van der Waals surface area contributed by atoms with Crippen LogP contribution in [0.2, 0.25) is 0 Å². The lowest BCUT2D eigenvalue weighted by molar-refractivity contribution is 0.0825. The van der Waals surface area contributed by atoms with Gasteiger partial charge in [0.2, 0.25) is 0 Å². The van der Waals surface area contributed by atoms with Gasteiger partial charge in [-0.2, -0.15) is 5.26 Å². The molecule has 3 heteroatoms. The Morgan fingerprint density at radius 1 is 1.25 bits per heavy atom. The first-order valence-electron chi connectivity index (χ1n) is 8.30. The summed E-state index contributed by atoms with van der Waals surface area (Å²) < 4.78 is 0. The molecule has 2 unspecified atom stereocenters. The van der Waals surface area contributed by atoms with E-state index >= 15 is 0 Å². The Labute approximate surface area is 124 Å². The number of likely N-dealkylation sites (tertiary alicyclic amines) is 1. The predicted molar refractivity (Wildman–Crippen MR) is 83.4 cm³/mol. The van der Waals surface area contributed by atoms with Crippen LogP contribution in [-0.2, 0) is 0 Å². The summed E-state index contributed by atoms with van der Waals surface area (Å²) >= 11 is 0. The average Bonchev–Trinajstić information content (AvgIpc) is 2.83. The summed E-state index contributed by atoms with van der Waals surface area (Å²) in [7, 11) is 0. The van der Waals surface area contributed by atoms with Crippen molar-refractivity contribution >= 4 is 0 Å². The highest BCUT2D eigenvalue weighted by atomic mass is 15.2. The van der Waals surface area contributed by atoms with Crippen molar-refractivity contribution in [2.75, 3.05) is 19.6 Å². The molecule has 1 saturated heterocycles. The fourth-order valence-corrected chi connectivity index (χ4v) is 4.10. The minimum atomic E-state index is -0.250. The zero-order valence-electron chi connectivity index (χ0n) is 13.7. The van der Waals surface area contributed by atoms with E-state index in [-0.39, 0.29) is 5.54 Å². The molecule has 1 aliphatic heterocycles. The molecule has 1 saturated carbocycles. The van der Waals surface area contributed by atoms with Gasteiger partial charge in [0.25, 0.3) is 0 Å². The number of nitrogens with zero attached hydrogens (tertiary/aromatic N) is 2. The van der Waals surface area contributed by atoms with Gasteiger partial charge >= 0.3 is 0 Å². The quantitative estimate of drug-likeness (QED) is 0.861. The second kappa shape index (κ2) is 6.03. The van der Waals surface area contributed by atoms with E-state index in [0.717, 1.165) is 25.3 Å². The van der Waals surface area contributed by atoms with Crippen LogP contribution in [0.3, 0.4) is 0 Å². The number of hydrogen-bond acceptors (Lipinski definition) is 3. The number of rotatable bonds is 3. The van der Waals surface area contributed by atoms with Gasteiger partial charge in [0.1, 0.15) is 5.54 Å². The van der Waals surface area contributed by atoms with E-state index in [9.17, 15) is 5.26 Å². The van der Waals surface area contributed by atoms with E-state index < -0.39 is 0 Å². The Kier molecular flexibility index (Phi) is 4.76. The van der Waals surface area contributed by atoms with Gasteiger partial charge in [0, 0.05) is 6.04 Å². The maximum absolute atomic E-state index is 9.48. The third kappa shape index (κ3) is 3.35. The van der Waals surface area contributed by atoms with E-state index in [1.165, 1.54) is 32.4 Å². The van der Waals surface area contributed by atoms with Crippen molar-refractivity contribution in [3.8, 4) is 6.07 Å². The fraction of sp³-hybridized carbons (Fsp3) is 0.941. The van der Waals surface area contributed by atoms with Crippen LogP contribution in [0.4, 0.5) is 0 Å². The van der Waals surface area contributed by atoms with E-state index in [1.807, 2.05) is 0 Å². The maximum atomic E-state index is 9.48. The van der Waals surface area contributed by atoms with Crippen LogP contribution in [0.25, 0.3) is 0 Å². The molecule has 1 heterocycles. The SMILES string of the molecule is CCNC1(C#N)CCC(N2CCC(C(C)(C)C)CC2)C1. The smallest absolute Gasteiger partial charge is 0.108 e. The minimum Gasteiger partial charge on any atom is -0.300 e. The standard InChI is InChI=1S/C17H31N3/c1-5-19-17(13-18)9-6-15(12-17)20-10-7-14(8-11-20)16(2,3)4/h14-15,19H,5-12H2,1-4H3. The fourth-order valence-electron chi connectivity index (χ4n) is 4.10. The van der Waals surface area contributed by atoms with Crippen LogP contribution in [0.15, 0.2) is 0 Å². The molecule has 1 N–H and O–H groups in total. The van der Waals surface area contributed by atoms with Gasteiger partial charge < -0.3 is 4.90 Å². The van der Waals surface area contributed by atoms with Crippen molar-refractivity contribution in [3.63, 3.8) is 0 Å². The molecule has 0 aromatic heterocycles. The Morgan fingerprint density at radius 3 is 2.40 bits per heavy atom. The van der Waals surface area contributed by atoms with Gasteiger partial charge in [-0.3, -0.25) is 5.32 Å². The minimum absolute atomic E-state index is 0.250. The normalized spacial score (nSPS) is 33.2. The average molecular weight is 277 g/mol. The number of nitriles is 1. The molecule has 0 spiro atoms. The highest BCUT2D eigenvalue weighted by molar-refractivity contribution is 5.13. The van der Waals surface area contributed by atoms with Gasteiger partial charge in [0.15, 0.2) is 0 Å². The molecule has 0 radical (unpaired) electrons. The van der Waals surface area contributed by atoms with E-state index in [1.54, 1.807) is 0 Å². The lowest BCUT2D eigenvalue weighted by atomic mass is 9.75. The maximum Gasteiger partial charge on any atom is 0.108 e. The van der Waals surface area contributed by atoms with Crippen molar-refractivity contribution < 1.29 is 0 Å². The van der Waals surface area contributed by atoms with Crippen LogP contribution in [0.5, 0.6) is 0 Å². The second-order valence-corrected chi connectivity index (χ2v) is 7.80. The molecule has 0 amide bonds. The third-order valence-corrected chi connectivity index (χ3v) is 5.49. The van der Waals surface area contributed by atoms with Gasteiger partial charge in [-0.1, -0.05) is 27.7 Å². The van der Waals surface area contributed by atoms with E-state index in [2.05, 4.69) is 44.0 Å². The largest absolute Gasteiger partial charge is 0.300 e. The van der Waals surface area contributed by atoms with Crippen molar-refractivity contribution in [1.82, 2.24) is 10.2 Å². The van der Waals surface area contributed by atoms with Gasteiger partial charge in [-0.25, -0.2) is 0 Å². The summed E-state index contributed by atoms with van der Waals surface area (Å²) in [4.78, 5) is 2.65. The molecule has 2 fully saturated rings. The number of hydrogen-bond donors (Lipinski definition) is 1. The lowest BCUT2D eigenvalue weighted by Gasteiger charge is -2.41. The van der Waals surface area contributed by atoms with Gasteiger partial charge in [-0.05, 0) is 63.1 Å². The molecule has 2 rings (SSSR count). The summed E-state index contributed by atoms with van der Waals surface area (Å²) in [6, 6.07) is 3.16. The monoisotopic (exact) mass is 277 g/mol. The van der Waals surface area contributed by atoms with E-state index in [4.69, 9.17) is 0 Å². The Hall–Kier alpha value is -0.590. The summed E-state index contributed by atoms with van der Waals surface area (Å²) in [6.45, 7) is 12.5. The van der Waals surface area contributed by atoms with Crippen LogP contribution in [0.1, 0.15) is 59.8 Å². The predicted octanol–water partition coefficient (Wildman–Crippen LogP) is 3.17. The Morgan fingerprint density at radius 2 is 1.90 bits per heavy atom. The molecule has 3 nitrogen and oxygen atoms in total. The van der Waals surface area contributed by atoms with Gasteiger partial charge in [0.05, 0.1) is 6.07 Å². The van der Waals surface area contributed by atoms with Gasteiger partial charge in [-0.15, -0.1) is 0 Å². The first kappa shape index (κ1) is 15.8. The summed E-state index contributed by atoms with van der Waals surface area (Å²) in [5.74, 6) is 0.856. The molecule has 1 aliphatic carbocycles. The molecular weight excluding hydrogens is 246 g/mol. The van der Waals surface area contributed by atoms with Crippen LogP contribution < -0.4 is 5.32 Å². The summed E-state index contributed by atoms with van der Waals surface area (Å²) in [5.41, 5.74) is 0.197. The highest BCUT2D eigenvalue weighted by Gasteiger charge is 2.42. The summed E-state index contributed by atoms with van der Waals surface area (Å²) in [6.07, 6.45) is 5.85. The third-order valence-electron chi connectivity index (χ3n) is 5.49. The van der Waals surface area contributed by atoms with Crippen molar-refractivity contribution in [1.29, 1.82) is 5.26 Å². The van der Waals surface area contributed by atoms with Crippen molar-refractivity contribution in [2.24, 2.45) is 11.3 Å². The molecule has 2 aliphatic rings. The molecule has 114 valence electrons. The molecule has 0 aromatic rings. The van der Waals surface area contributed by atoms with Crippen LogP contribution in [0, 0.1) is 22.7 Å². The molecular formula is C17H31N3. The molecule has 20 heavy (non-hydrogen) atoms. The lowest BCUT2D eigenvalue weighted by Crippen LogP contribution is -2.46. The van der Waals surface area contributed by atoms with Crippen molar-refractivity contribution in [2.45, 2.75) is 71.4 Å². The molecule has 0 aromatic carbocycles. The first-order chi connectivity index (χ1) is 9.40. The number of nitrogens with one attached hydrogen (secondary N) is 1. The Balaban J connectivity index is 1.88. The topological polar surface area (TPSA) is 39.1 Å². The van der Waals surface area contributed by atoms with Crippen molar-refractivity contribution in [3.05, 3.63) is 0 Å². The van der Waals surface area contributed by atoms with Crippen LogP contribution >= 0.6 is 0 Å². The van der Waals surface area contributed by atoms with E-state index in [0.29, 0.717) is 11.5 Å². The highest BCUT2D eigenvalue weighted by Crippen LogP contribution is 2.38. The molecule has 2 atom stereocenters. The zero-order valence-corrected chi connectivity index (χ0v) is 13.7. The number of piperidine rings is 1. The second-order valence-electron chi connectivity index (χ2n) is 7.80. The summed E-state index contributed by atoms with van der Waals surface area (Å²) in [5, 5.41) is 12.9. The zero-order chi connectivity index (χ0) is 14.8. The first-order valence-corrected chi connectivity index (χ1v) is 8.30.